The lowest BCUT2D eigenvalue weighted by Crippen LogP contribution is -2.23. The van der Waals surface area contributed by atoms with Crippen LogP contribution < -0.4 is 5.73 Å². The predicted molar refractivity (Wildman–Crippen MR) is 70.5 cm³/mol. The van der Waals surface area contributed by atoms with Crippen molar-refractivity contribution in [1.29, 1.82) is 0 Å². The van der Waals surface area contributed by atoms with Crippen LogP contribution >= 0.6 is 11.3 Å². The van der Waals surface area contributed by atoms with Gasteiger partial charge in [-0.25, -0.2) is 4.79 Å². The Balaban J connectivity index is 2.27. The third kappa shape index (κ3) is 2.63. The number of aryl methyl sites for hydroxylation is 1. The van der Waals surface area contributed by atoms with Crippen LogP contribution in [0.15, 0.2) is 0 Å². The molecule has 0 amide bonds. The molecule has 0 spiro atoms. The fourth-order valence-electron chi connectivity index (χ4n) is 2.07. The lowest BCUT2D eigenvalue weighted by atomic mass is 9.98. The highest BCUT2D eigenvalue weighted by molar-refractivity contribution is 7.14. The van der Waals surface area contributed by atoms with E-state index in [0.29, 0.717) is 10.6 Å². The molecule has 0 aliphatic heterocycles. The Morgan fingerprint density at radius 2 is 1.94 bits per heavy atom. The molecule has 0 fully saturated rings. The van der Waals surface area contributed by atoms with Gasteiger partial charge in [-0.2, -0.15) is 0 Å². The summed E-state index contributed by atoms with van der Waals surface area (Å²) in [5.41, 5.74) is 7.42. The molecule has 4 heteroatoms. The first kappa shape index (κ1) is 12.4. The second-order valence-electron chi connectivity index (χ2n) is 5.46. The van der Waals surface area contributed by atoms with E-state index in [-0.39, 0.29) is 5.97 Å². The molecule has 0 radical (unpaired) electrons. The maximum Gasteiger partial charge on any atom is 0.350 e. The second-order valence-corrected chi connectivity index (χ2v) is 6.56. The average molecular weight is 253 g/mol. The minimum atomic E-state index is -0.464. The highest BCUT2D eigenvalue weighted by Crippen LogP contribution is 2.37. The van der Waals surface area contributed by atoms with Gasteiger partial charge in [0, 0.05) is 4.88 Å². The van der Waals surface area contributed by atoms with E-state index in [1.807, 2.05) is 20.8 Å². The van der Waals surface area contributed by atoms with E-state index in [1.165, 1.54) is 34.6 Å². The highest BCUT2D eigenvalue weighted by atomic mass is 32.1. The first-order chi connectivity index (χ1) is 7.88. The van der Waals surface area contributed by atoms with Gasteiger partial charge in [0.2, 0.25) is 0 Å². The smallest absolute Gasteiger partial charge is 0.350 e. The van der Waals surface area contributed by atoms with E-state index in [1.54, 1.807) is 0 Å². The standard InChI is InChI=1S/C13H19NO2S/c1-13(2,3)16-12(15)11-10(14)8-6-4-5-7-9(8)17-11/h4-7,14H2,1-3H3. The van der Waals surface area contributed by atoms with Gasteiger partial charge in [0.1, 0.15) is 10.5 Å². The molecule has 94 valence electrons. The molecular formula is C13H19NO2S. The molecule has 17 heavy (non-hydrogen) atoms. The normalized spacial score (nSPS) is 15.5. The second kappa shape index (κ2) is 4.33. The highest BCUT2D eigenvalue weighted by Gasteiger charge is 2.26. The van der Waals surface area contributed by atoms with Gasteiger partial charge in [-0.05, 0) is 52.0 Å². The van der Waals surface area contributed by atoms with Crippen LogP contribution in [-0.4, -0.2) is 11.6 Å². The molecular weight excluding hydrogens is 234 g/mol. The summed E-state index contributed by atoms with van der Waals surface area (Å²) in [6.45, 7) is 5.61. The minimum absolute atomic E-state index is 0.283. The fourth-order valence-corrected chi connectivity index (χ4v) is 3.25. The summed E-state index contributed by atoms with van der Waals surface area (Å²) in [6.07, 6.45) is 4.41. The zero-order valence-corrected chi connectivity index (χ0v) is 11.4. The molecule has 3 nitrogen and oxygen atoms in total. The van der Waals surface area contributed by atoms with Gasteiger partial charge in [-0.15, -0.1) is 11.3 Å². The minimum Gasteiger partial charge on any atom is -0.456 e. The summed E-state index contributed by atoms with van der Waals surface area (Å²) >= 11 is 1.51. The third-order valence-corrected chi connectivity index (χ3v) is 4.08. The van der Waals surface area contributed by atoms with Crippen LogP contribution in [0.4, 0.5) is 5.69 Å². The maximum absolute atomic E-state index is 12.0. The average Bonchev–Trinajstić information content (AvgIpc) is 2.55. The Bertz CT molecular complexity index is 443. The number of ether oxygens (including phenoxy) is 1. The number of thiophene rings is 1. The van der Waals surface area contributed by atoms with Crippen molar-refractivity contribution < 1.29 is 9.53 Å². The summed E-state index contributed by atoms with van der Waals surface area (Å²) in [5.74, 6) is -0.283. The van der Waals surface area contributed by atoms with Gasteiger partial charge in [-0.1, -0.05) is 0 Å². The van der Waals surface area contributed by atoms with Crippen molar-refractivity contribution in [2.24, 2.45) is 0 Å². The van der Waals surface area contributed by atoms with E-state index in [4.69, 9.17) is 10.5 Å². The van der Waals surface area contributed by atoms with Gasteiger partial charge in [0.05, 0.1) is 5.69 Å². The number of nitrogens with two attached hydrogens (primary N) is 1. The van der Waals surface area contributed by atoms with Gasteiger partial charge < -0.3 is 10.5 Å². The molecule has 1 aliphatic rings. The number of carbonyl (C=O) groups excluding carboxylic acids is 1. The molecule has 0 unspecified atom stereocenters. The molecule has 1 aromatic rings. The fraction of sp³-hybridized carbons (Fsp3) is 0.615. The summed E-state index contributed by atoms with van der Waals surface area (Å²) in [7, 11) is 0. The Morgan fingerprint density at radius 3 is 2.53 bits per heavy atom. The topological polar surface area (TPSA) is 52.3 Å². The zero-order chi connectivity index (χ0) is 12.6. The monoisotopic (exact) mass is 253 g/mol. The Morgan fingerprint density at radius 1 is 1.29 bits per heavy atom. The molecule has 1 heterocycles. The molecule has 0 bridgehead atoms. The van der Waals surface area contributed by atoms with Gasteiger partial charge >= 0.3 is 5.97 Å². The van der Waals surface area contributed by atoms with E-state index in [0.717, 1.165) is 12.8 Å². The number of fused-ring (bicyclic) bond motifs is 1. The van der Waals surface area contributed by atoms with Crippen LogP contribution in [0.1, 0.15) is 53.7 Å². The van der Waals surface area contributed by atoms with Gasteiger partial charge in [0.15, 0.2) is 0 Å². The van der Waals surface area contributed by atoms with Crippen LogP contribution in [0.2, 0.25) is 0 Å². The van der Waals surface area contributed by atoms with Crippen LogP contribution in [0.3, 0.4) is 0 Å². The maximum atomic E-state index is 12.0. The molecule has 2 rings (SSSR count). The molecule has 0 saturated carbocycles. The summed E-state index contributed by atoms with van der Waals surface area (Å²) in [5, 5.41) is 0. The number of hydrogen-bond donors (Lipinski definition) is 1. The lowest BCUT2D eigenvalue weighted by molar-refractivity contribution is 0.00763. The number of esters is 1. The largest absolute Gasteiger partial charge is 0.456 e. The summed E-state index contributed by atoms with van der Waals surface area (Å²) in [4.78, 5) is 13.9. The Hall–Kier alpha value is -1.03. The molecule has 1 aromatic heterocycles. The van der Waals surface area contributed by atoms with Crippen molar-refractivity contribution in [1.82, 2.24) is 0 Å². The van der Waals surface area contributed by atoms with Crippen molar-refractivity contribution in [3.63, 3.8) is 0 Å². The predicted octanol–water partition coefficient (Wildman–Crippen LogP) is 3.16. The molecule has 0 aromatic carbocycles. The number of carbonyl (C=O) groups is 1. The van der Waals surface area contributed by atoms with Crippen molar-refractivity contribution >= 4 is 23.0 Å². The number of anilines is 1. The van der Waals surface area contributed by atoms with Gasteiger partial charge in [0.25, 0.3) is 0 Å². The van der Waals surface area contributed by atoms with E-state index in [2.05, 4.69) is 0 Å². The van der Waals surface area contributed by atoms with E-state index in [9.17, 15) is 4.79 Å². The first-order valence-corrected chi connectivity index (χ1v) is 6.83. The van der Waals surface area contributed by atoms with Crippen molar-refractivity contribution in [3.8, 4) is 0 Å². The van der Waals surface area contributed by atoms with Crippen molar-refractivity contribution in [3.05, 3.63) is 15.3 Å². The molecule has 2 N–H and O–H groups in total. The van der Waals surface area contributed by atoms with E-state index >= 15 is 0 Å². The molecule has 1 aliphatic carbocycles. The molecule has 0 atom stereocenters. The van der Waals surface area contributed by atoms with Crippen molar-refractivity contribution in [2.45, 2.75) is 52.1 Å². The lowest BCUT2D eigenvalue weighted by Gasteiger charge is -2.19. The van der Waals surface area contributed by atoms with E-state index < -0.39 is 5.60 Å². The SMILES string of the molecule is CC(C)(C)OC(=O)c1sc2c(c1N)CCCC2. The van der Waals surface area contributed by atoms with Crippen LogP contribution in [-0.2, 0) is 17.6 Å². The number of nitrogen functional groups attached to an aromatic ring is 1. The quantitative estimate of drug-likeness (QED) is 0.782. The number of hydrogen-bond acceptors (Lipinski definition) is 4. The Kier molecular flexibility index (Phi) is 3.17. The number of rotatable bonds is 1. The third-order valence-electron chi connectivity index (χ3n) is 2.80. The van der Waals surface area contributed by atoms with Crippen LogP contribution in [0.5, 0.6) is 0 Å². The molecule has 0 saturated heterocycles. The summed E-state index contributed by atoms with van der Waals surface area (Å²) < 4.78 is 5.37. The van der Waals surface area contributed by atoms with Crippen LogP contribution in [0.25, 0.3) is 0 Å². The first-order valence-electron chi connectivity index (χ1n) is 6.02. The van der Waals surface area contributed by atoms with Crippen molar-refractivity contribution in [2.75, 3.05) is 5.73 Å². The Labute approximate surface area is 106 Å². The van der Waals surface area contributed by atoms with Crippen LogP contribution in [0, 0.1) is 0 Å². The van der Waals surface area contributed by atoms with Gasteiger partial charge in [-0.3, -0.25) is 0 Å². The zero-order valence-electron chi connectivity index (χ0n) is 10.6. The summed E-state index contributed by atoms with van der Waals surface area (Å²) in [6, 6.07) is 0.